The van der Waals surface area contributed by atoms with E-state index in [-0.39, 0.29) is 11.9 Å². The highest BCUT2D eigenvalue weighted by Crippen LogP contribution is 2.22. The number of carbonyl (C=O) groups is 1. The van der Waals surface area contributed by atoms with Crippen LogP contribution in [-0.2, 0) is 13.6 Å². The summed E-state index contributed by atoms with van der Waals surface area (Å²) in [7, 11) is 1.86. The third-order valence-electron chi connectivity index (χ3n) is 4.22. The fourth-order valence-corrected chi connectivity index (χ4v) is 3.04. The lowest BCUT2D eigenvalue weighted by molar-refractivity contribution is 0.0938. The van der Waals surface area contributed by atoms with Crippen LogP contribution in [0.4, 0.5) is 4.39 Å². The average molecular weight is 320 g/mol. The van der Waals surface area contributed by atoms with Gasteiger partial charge in [-0.3, -0.25) is 14.4 Å². The monoisotopic (exact) mass is 320 g/mol. The maximum absolute atomic E-state index is 13.8. The fourth-order valence-electron chi connectivity index (χ4n) is 3.04. The molecule has 7 heteroatoms. The van der Waals surface area contributed by atoms with Gasteiger partial charge in [-0.05, 0) is 19.4 Å². The van der Waals surface area contributed by atoms with Crippen LogP contribution in [0, 0.1) is 6.92 Å². The molecule has 0 aliphatic carbocycles. The summed E-state index contributed by atoms with van der Waals surface area (Å²) < 4.78 is 20.7. The molecule has 0 unspecified atom stereocenters. The molecule has 6 nitrogen and oxygen atoms in total. The van der Waals surface area contributed by atoms with Crippen molar-refractivity contribution in [2.24, 2.45) is 7.05 Å². The standard InChI is InChI=1S/C16H21FN4O2/c1-11-15(3-4-23-11)16(22)18-7-14-5-13(17)10-21(14)9-12-6-19-20(2)8-12/h3-4,6,8,13-14H,5,7,9-10H2,1-2H3,(H,18,22)/t13-,14-/m0/s1. The van der Waals surface area contributed by atoms with Gasteiger partial charge in [-0.15, -0.1) is 0 Å². The molecule has 2 aromatic heterocycles. The molecule has 1 N–H and O–H groups in total. The number of rotatable bonds is 5. The Balaban J connectivity index is 1.59. The molecule has 0 radical (unpaired) electrons. The molecule has 1 aliphatic heterocycles. The van der Waals surface area contributed by atoms with Gasteiger partial charge >= 0.3 is 0 Å². The molecule has 1 amide bonds. The van der Waals surface area contributed by atoms with Crippen molar-refractivity contribution in [3.63, 3.8) is 0 Å². The molecular formula is C16H21FN4O2. The van der Waals surface area contributed by atoms with Crippen molar-refractivity contribution in [1.29, 1.82) is 0 Å². The van der Waals surface area contributed by atoms with Gasteiger partial charge in [0.05, 0.1) is 18.0 Å². The van der Waals surface area contributed by atoms with Gasteiger partial charge < -0.3 is 9.73 Å². The van der Waals surface area contributed by atoms with Gasteiger partial charge in [-0.25, -0.2) is 4.39 Å². The number of alkyl halides is 1. The van der Waals surface area contributed by atoms with E-state index in [4.69, 9.17) is 4.42 Å². The van der Waals surface area contributed by atoms with Gasteiger partial charge in [0.2, 0.25) is 0 Å². The Morgan fingerprint density at radius 2 is 2.39 bits per heavy atom. The number of nitrogens with zero attached hydrogens (tertiary/aromatic N) is 3. The zero-order valence-electron chi connectivity index (χ0n) is 13.3. The van der Waals surface area contributed by atoms with Gasteiger partial charge in [0, 0.05) is 44.5 Å². The number of likely N-dealkylation sites (tertiary alicyclic amines) is 1. The van der Waals surface area contributed by atoms with Crippen LogP contribution in [0.15, 0.2) is 29.1 Å². The highest BCUT2D eigenvalue weighted by molar-refractivity contribution is 5.95. The van der Waals surface area contributed by atoms with E-state index in [2.05, 4.69) is 15.3 Å². The van der Waals surface area contributed by atoms with Crippen LogP contribution in [-0.4, -0.2) is 45.9 Å². The highest BCUT2D eigenvalue weighted by Gasteiger charge is 2.32. The van der Waals surface area contributed by atoms with Gasteiger partial charge in [-0.1, -0.05) is 0 Å². The molecule has 0 saturated carbocycles. The first-order chi connectivity index (χ1) is 11.0. The molecule has 3 heterocycles. The van der Waals surface area contributed by atoms with E-state index in [0.717, 1.165) is 5.56 Å². The molecule has 0 aromatic carbocycles. The number of aryl methyl sites for hydroxylation is 2. The number of furan rings is 1. The lowest BCUT2D eigenvalue weighted by Crippen LogP contribution is -2.39. The number of aromatic nitrogens is 2. The highest BCUT2D eigenvalue weighted by atomic mass is 19.1. The SMILES string of the molecule is Cc1occc1C(=O)NC[C@@H]1C[C@H](F)CN1Cc1cnn(C)c1. The molecular weight excluding hydrogens is 299 g/mol. The Bertz CT molecular complexity index is 681. The molecule has 3 rings (SSSR count). The third-order valence-corrected chi connectivity index (χ3v) is 4.22. The van der Waals surface area contributed by atoms with Crippen LogP contribution < -0.4 is 5.32 Å². The number of amides is 1. The molecule has 0 bridgehead atoms. The minimum atomic E-state index is -0.857. The molecule has 2 aromatic rings. The second-order valence-electron chi connectivity index (χ2n) is 6.04. The van der Waals surface area contributed by atoms with Crippen LogP contribution in [0.5, 0.6) is 0 Å². The molecule has 124 valence electrons. The predicted molar refractivity (Wildman–Crippen MR) is 82.7 cm³/mol. The summed E-state index contributed by atoms with van der Waals surface area (Å²) in [6, 6.07) is 1.63. The first kappa shape index (κ1) is 15.7. The van der Waals surface area contributed by atoms with E-state index in [1.165, 1.54) is 6.26 Å². The zero-order valence-corrected chi connectivity index (χ0v) is 13.3. The van der Waals surface area contributed by atoms with Crippen molar-refractivity contribution in [1.82, 2.24) is 20.0 Å². The average Bonchev–Trinajstić information content (AvgIpc) is 3.18. The molecule has 1 aliphatic rings. The zero-order chi connectivity index (χ0) is 16.4. The van der Waals surface area contributed by atoms with Gasteiger partial charge in [0.15, 0.2) is 0 Å². The van der Waals surface area contributed by atoms with Crippen LogP contribution in [0.3, 0.4) is 0 Å². The summed E-state index contributed by atoms with van der Waals surface area (Å²) in [5, 5.41) is 7.02. The summed E-state index contributed by atoms with van der Waals surface area (Å²) in [5.74, 6) is 0.407. The third kappa shape index (κ3) is 3.61. The molecule has 1 fully saturated rings. The Kier molecular flexibility index (Phi) is 4.47. The topological polar surface area (TPSA) is 63.3 Å². The number of carbonyl (C=O) groups excluding carboxylic acids is 1. The van der Waals surface area contributed by atoms with Crippen molar-refractivity contribution in [3.8, 4) is 0 Å². The summed E-state index contributed by atoms with van der Waals surface area (Å²) in [4.78, 5) is 14.2. The minimum Gasteiger partial charge on any atom is -0.469 e. The molecule has 2 atom stereocenters. The molecule has 1 saturated heterocycles. The van der Waals surface area contributed by atoms with Crippen molar-refractivity contribution in [3.05, 3.63) is 41.6 Å². The van der Waals surface area contributed by atoms with E-state index in [9.17, 15) is 9.18 Å². The summed E-state index contributed by atoms with van der Waals surface area (Å²) >= 11 is 0. The first-order valence-corrected chi connectivity index (χ1v) is 7.71. The van der Waals surface area contributed by atoms with Crippen LogP contribution >= 0.6 is 0 Å². The van der Waals surface area contributed by atoms with E-state index in [1.807, 2.05) is 13.2 Å². The van der Waals surface area contributed by atoms with Gasteiger partial charge in [-0.2, -0.15) is 5.10 Å². The predicted octanol–water partition coefficient (Wildman–Crippen LogP) is 1.66. The van der Waals surface area contributed by atoms with Gasteiger partial charge in [0.25, 0.3) is 5.91 Å². The number of nitrogens with one attached hydrogen (secondary N) is 1. The Hall–Kier alpha value is -2.15. The first-order valence-electron chi connectivity index (χ1n) is 7.71. The van der Waals surface area contributed by atoms with E-state index in [0.29, 0.717) is 37.4 Å². The lowest BCUT2D eigenvalue weighted by atomic mass is 10.2. The smallest absolute Gasteiger partial charge is 0.254 e. The van der Waals surface area contributed by atoms with Crippen LogP contribution in [0.1, 0.15) is 28.1 Å². The lowest BCUT2D eigenvalue weighted by Gasteiger charge is -2.23. The van der Waals surface area contributed by atoms with Crippen molar-refractivity contribution >= 4 is 5.91 Å². The van der Waals surface area contributed by atoms with Crippen LogP contribution in [0.25, 0.3) is 0 Å². The largest absolute Gasteiger partial charge is 0.469 e. The normalized spacial score (nSPS) is 21.7. The van der Waals surface area contributed by atoms with Crippen molar-refractivity contribution < 1.29 is 13.6 Å². The van der Waals surface area contributed by atoms with E-state index < -0.39 is 6.17 Å². The Morgan fingerprint density at radius 1 is 1.57 bits per heavy atom. The van der Waals surface area contributed by atoms with Gasteiger partial charge in [0.1, 0.15) is 11.9 Å². The number of hydrogen-bond acceptors (Lipinski definition) is 4. The Morgan fingerprint density at radius 3 is 3.04 bits per heavy atom. The Labute approximate surface area is 134 Å². The number of hydrogen-bond donors (Lipinski definition) is 1. The summed E-state index contributed by atoms with van der Waals surface area (Å²) in [6.07, 6.45) is 4.78. The van der Waals surface area contributed by atoms with Crippen molar-refractivity contribution in [2.45, 2.75) is 32.1 Å². The maximum atomic E-state index is 13.8. The molecule has 23 heavy (non-hydrogen) atoms. The summed E-state index contributed by atoms with van der Waals surface area (Å²) in [5.41, 5.74) is 1.57. The minimum absolute atomic E-state index is 0.0126. The van der Waals surface area contributed by atoms with E-state index >= 15 is 0 Å². The second kappa shape index (κ2) is 6.54. The molecule has 0 spiro atoms. The second-order valence-corrected chi connectivity index (χ2v) is 6.04. The summed E-state index contributed by atoms with van der Waals surface area (Å²) in [6.45, 7) is 3.20. The van der Waals surface area contributed by atoms with Crippen LogP contribution in [0.2, 0.25) is 0 Å². The fraction of sp³-hybridized carbons (Fsp3) is 0.500. The van der Waals surface area contributed by atoms with E-state index in [1.54, 1.807) is 23.9 Å². The van der Waals surface area contributed by atoms with Crippen molar-refractivity contribution in [2.75, 3.05) is 13.1 Å². The maximum Gasteiger partial charge on any atom is 0.254 e. The number of halogens is 1. The quantitative estimate of drug-likeness (QED) is 0.910.